The normalized spacial score (nSPS) is 29.5. The highest BCUT2D eigenvalue weighted by atomic mass is 16.5. The maximum absolute atomic E-state index is 6.01. The fraction of sp³-hybridized carbons (Fsp3) is 0.760. The van der Waals surface area contributed by atoms with Crippen molar-refractivity contribution in [2.24, 2.45) is 17.8 Å². The van der Waals surface area contributed by atoms with Gasteiger partial charge >= 0.3 is 0 Å². The van der Waals surface area contributed by atoms with E-state index in [1.54, 1.807) is 0 Å². The van der Waals surface area contributed by atoms with Crippen LogP contribution in [0, 0.1) is 17.8 Å². The Labute approximate surface area is 161 Å². The second kappa shape index (κ2) is 10.4. The third kappa shape index (κ3) is 6.03. The number of hydrogen-bond acceptors (Lipinski definition) is 1. The lowest BCUT2D eigenvalue weighted by atomic mass is 9.77. The van der Waals surface area contributed by atoms with E-state index in [0.29, 0.717) is 0 Å². The van der Waals surface area contributed by atoms with Crippen LogP contribution in [-0.2, 0) is 0 Å². The van der Waals surface area contributed by atoms with Gasteiger partial charge in [-0.2, -0.15) is 0 Å². The average Bonchev–Trinajstić information content (AvgIpc) is 2.68. The van der Waals surface area contributed by atoms with Crippen molar-refractivity contribution < 1.29 is 4.74 Å². The molecule has 0 heterocycles. The molecule has 0 bridgehead atoms. The Morgan fingerprint density at radius 3 is 2.08 bits per heavy atom. The van der Waals surface area contributed by atoms with Crippen molar-refractivity contribution in [3.8, 4) is 5.75 Å². The third-order valence-corrected chi connectivity index (χ3v) is 7.06. The standard InChI is InChI=1S/C25H40O/c1-3-5-21-11-13-23(14-12-21)24-15-17-25(18-16-24)26-19-4-6-22-9-7-20(2)8-10-22/h15-18,20-23H,3-14,19H2,1-2H3/t20-,21-,22-,23-. The van der Waals surface area contributed by atoms with Crippen LogP contribution in [0.1, 0.15) is 102 Å². The van der Waals surface area contributed by atoms with Crippen LogP contribution in [0.3, 0.4) is 0 Å². The summed E-state index contributed by atoms with van der Waals surface area (Å²) in [5, 5.41) is 0. The molecule has 1 nitrogen and oxygen atoms in total. The number of benzene rings is 1. The molecule has 146 valence electrons. The van der Waals surface area contributed by atoms with Crippen LogP contribution in [0.25, 0.3) is 0 Å². The SMILES string of the molecule is CCC[C@H]1CC[C@H](c2ccc(OCCC[C@H]3CC[C@H](C)CC3)cc2)CC1. The predicted molar refractivity (Wildman–Crippen MR) is 112 cm³/mol. The van der Waals surface area contributed by atoms with Gasteiger partial charge in [-0.05, 0) is 79.9 Å². The number of ether oxygens (including phenoxy) is 1. The van der Waals surface area contributed by atoms with Gasteiger partial charge in [-0.3, -0.25) is 0 Å². The van der Waals surface area contributed by atoms with Gasteiger partial charge in [0.05, 0.1) is 6.61 Å². The molecule has 2 aliphatic rings. The summed E-state index contributed by atoms with van der Waals surface area (Å²) in [6, 6.07) is 9.05. The lowest BCUT2D eigenvalue weighted by molar-refractivity contribution is 0.245. The highest BCUT2D eigenvalue weighted by Gasteiger charge is 2.21. The van der Waals surface area contributed by atoms with Crippen LogP contribution in [0.5, 0.6) is 5.75 Å². The fourth-order valence-electron chi connectivity index (χ4n) is 5.21. The van der Waals surface area contributed by atoms with Gasteiger partial charge in [0.2, 0.25) is 0 Å². The molecule has 0 radical (unpaired) electrons. The molecule has 2 fully saturated rings. The van der Waals surface area contributed by atoms with E-state index in [1.165, 1.54) is 82.6 Å². The molecule has 2 aliphatic carbocycles. The first-order valence-corrected chi connectivity index (χ1v) is 11.5. The quantitative estimate of drug-likeness (QED) is 0.433. The minimum atomic E-state index is 0.783. The van der Waals surface area contributed by atoms with Crippen molar-refractivity contribution in [1.82, 2.24) is 0 Å². The summed E-state index contributed by atoms with van der Waals surface area (Å²) < 4.78 is 6.01. The summed E-state index contributed by atoms with van der Waals surface area (Å²) >= 11 is 0. The minimum Gasteiger partial charge on any atom is -0.494 e. The molecule has 0 saturated heterocycles. The Morgan fingerprint density at radius 1 is 0.808 bits per heavy atom. The molecule has 1 aromatic carbocycles. The summed E-state index contributed by atoms with van der Waals surface area (Å²) in [5.41, 5.74) is 1.53. The molecular weight excluding hydrogens is 316 g/mol. The molecule has 0 spiro atoms. The number of hydrogen-bond donors (Lipinski definition) is 0. The largest absolute Gasteiger partial charge is 0.494 e. The van der Waals surface area contributed by atoms with Crippen LogP contribution in [0.15, 0.2) is 24.3 Å². The van der Waals surface area contributed by atoms with E-state index < -0.39 is 0 Å². The first kappa shape index (κ1) is 19.8. The maximum atomic E-state index is 6.01. The van der Waals surface area contributed by atoms with Crippen LogP contribution >= 0.6 is 0 Å². The molecule has 3 rings (SSSR count). The second-order valence-electron chi connectivity index (χ2n) is 9.19. The zero-order valence-electron chi connectivity index (χ0n) is 17.2. The van der Waals surface area contributed by atoms with Gasteiger partial charge in [0.1, 0.15) is 5.75 Å². The Hall–Kier alpha value is -0.980. The van der Waals surface area contributed by atoms with Crippen LogP contribution in [0.4, 0.5) is 0 Å². The first-order chi connectivity index (χ1) is 12.7. The summed E-state index contributed by atoms with van der Waals surface area (Å²) in [7, 11) is 0. The highest BCUT2D eigenvalue weighted by Crippen LogP contribution is 2.38. The smallest absolute Gasteiger partial charge is 0.119 e. The van der Waals surface area contributed by atoms with Gasteiger partial charge in [-0.1, -0.05) is 64.5 Å². The monoisotopic (exact) mass is 356 g/mol. The molecular formula is C25H40O. The summed E-state index contributed by atoms with van der Waals surface area (Å²) in [5.74, 6) is 4.76. The third-order valence-electron chi connectivity index (χ3n) is 7.06. The van der Waals surface area contributed by atoms with E-state index in [0.717, 1.165) is 36.0 Å². The van der Waals surface area contributed by atoms with Crippen molar-refractivity contribution in [3.05, 3.63) is 29.8 Å². The van der Waals surface area contributed by atoms with Gasteiger partial charge in [-0.25, -0.2) is 0 Å². The highest BCUT2D eigenvalue weighted by molar-refractivity contribution is 5.29. The van der Waals surface area contributed by atoms with E-state index in [4.69, 9.17) is 4.74 Å². The maximum Gasteiger partial charge on any atom is 0.119 e. The molecule has 0 N–H and O–H groups in total. The van der Waals surface area contributed by atoms with E-state index >= 15 is 0 Å². The van der Waals surface area contributed by atoms with Gasteiger partial charge in [0, 0.05) is 0 Å². The second-order valence-corrected chi connectivity index (χ2v) is 9.19. The predicted octanol–water partition coefficient (Wildman–Crippen LogP) is 7.75. The lowest BCUT2D eigenvalue weighted by Crippen LogP contribution is -2.13. The first-order valence-electron chi connectivity index (χ1n) is 11.5. The van der Waals surface area contributed by atoms with Crippen molar-refractivity contribution in [3.63, 3.8) is 0 Å². The average molecular weight is 357 g/mol. The Bertz CT molecular complexity index is 489. The van der Waals surface area contributed by atoms with Gasteiger partial charge < -0.3 is 4.74 Å². The molecule has 26 heavy (non-hydrogen) atoms. The molecule has 2 saturated carbocycles. The molecule has 0 atom stereocenters. The summed E-state index contributed by atoms with van der Waals surface area (Å²) in [6.45, 7) is 5.60. The van der Waals surface area contributed by atoms with Crippen LogP contribution < -0.4 is 4.74 Å². The van der Waals surface area contributed by atoms with Crippen molar-refractivity contribution in [1.29, 1.82) is 0 Å². The molecule has 1 aromatic rings. The molecule has 1 heteroatoms. The summed E-state index contributed by atoms with van der Waals surface area (Å²) in [6.07, 6.45) is 16.7. The lowest BCUT2D eigenvalue weighted by Gasteiger charge is -2.28. The van der Waals surface area contributed by atoms with Crippen LogP contribution in [0.2, 0.25) is 0 Å². The van der Waals surface area contributed by atoms with Crippen molar-refractivity contribution in [2.75, 3.05) is 6.61 Å². The topological polar surface area (TPSA) is 9.23 Å². The van der Waals surface area contributed by atoms with E-state index in [-0.39, 0.29) is 0 Å². The fourth-order valence-corrected chi connectivity index (χ4v) is 5.21. The van der Waals surface area contributed by atoms with E-state index in [9.17, 15) is 0 Å². The Morgan fingerprint density at radius 2 is 1.42 bits per heavy atom. The molecule has 0 amide bonds. The van der Waals surface area contributed by atoms with Gasteiger partial charge in [0.25, 0.3) is 0 Å². The van der Waals surface area contributed by atoms with Gasteiger partial charge in [0.15, 0.2) is 0 Å². The Kier molecular flexibility index (Phi) is 7.89. The summed E-state index contributed by atoms with van der Waals surface area (Å²) in [4.78, 5) is 0. The van der Waals surface area contributed by atoms with Crippen molar-refractivity contribution >= 4 is 0 Å². The molecule has 0 aromatic heterocycles. The van der Waals surface area contributed by atoms with E-state index in [2.05, 4.69) is 38.1 Å². The van der Waals surface area contributed by atoms with Crippen molar-refractivity contribution in [2.45, 2.75) is 96.8 Å². The van der Waals surface area contributed by atoms with E-state index in [1.807, 2.05) is 0 Å². The zero-order chi connectivity index (χ0) is 18.2. The molecule has 0 aliphatic heterocycles. The zero-order valence-corrected chi connectivity index (χ0v) is 17.2. The van der Waals surface area contributed by atoms with Crippen LogP contribution in [-0.4, -0.2) is 6.61 Å². The number of rotatable bonds is 8. The Balaban J connectivity index is 1.34. The minimum absolute atomic E-state index is 0.783. The molecule has 0 unspecified atom stereocenters. The van der Waals surface area contributed by atoms with Gasteiger partial charge in [-0.15, -0.1) is 0 Å².